The van der Waals surface area contributed by atoms with Gasteiger partial charge in [0.15, 0.2) is 0 Å². The van der Waals surface area contributed by atoms with Gasteiger partial charge in [0.05, 0.1) is 25.0 Å². The van der Waals surface area contributed by atoms with Crippen molar-refractivity contribution >= 4 is 0 Å². The minimum absolute atomic E-state index is 0.0745. The van der Waals surface area contributed by atoms with Gasteiger partial charge in [-0.3, -0.25) is 4.68 Å². The van der Waals surface area contributed by atoms with Crippen LogP contribution >= 0.6 is 0 Å². The molecule has 0 amide bonds. The third-order valence-electron chi connectivity index (χ3n) is 2.87. The predicted molar refractivity (Wildman–Crippen MR) is 65.6 cm³/mol. The molecule has 98 valence electrons. The molecule has 0 atom stereocenters. The molecule has 2 N–H and O–H groups in total. The van der Waals surface area contributed by atoms with E-state index in [1.807, 2.05) is 31.0 Å². The Balaban J connectivity index is 1.82. The minimum atomic E-state index is 0.0745. The quantitative estimate of drug-likeness (QED) is 0.729. The summed E-state index contributed by atoms with van der Waals surface area (Å²) in [7, 11) is 1.93. The fourth-order valence-electron chi connectivity index (χ4n) is 1.67. The summed E-state index contributed by atoms with van der Waals surface area (Å²) in [5, 5.41) is 24.2. The third kappa shape index (κ3) is 2.93. The Morgan fingerprint density at radius 3 is 2.89 bits per heavy atom. The molecular formula is C11H18N6O. The lowest BCUT2D eigenvalue weighted by Crippen LogP contribution is -2.13. The van der Waals surface area contributed by atoms with Crippen LogP contribution in [0, 0.1) is 6.92 Å². The van der Waals surface area contributed by atoms with Crippen LogP contribution < -0.4 is 5.32 Å². The van der Waals surface area contributed by atoms with Crippen LogP contribution in [-0.4, -0.2) is 36.5 Å². The molecule has 2 aromatic rings. The van der Waals surface area contributed by atoms with Gasteiger partial charge >= 0.3 is 0 Å². The molecule has 0 aromatic carbocycles. The highest BCUT2D eigenvalue weighted by Gasteiger charge is 2.04. The highest BCUT2D eigenvalue weighted by atomic mass is 16.3. The van der Waals surface area contributed by atoms with E-state index in [2.05, 4.69) is 20.7 Å². The number of rotatable bonds is 6. The van der Waals surface area contributed by atoms with Gasteiger partial charge in [0, 0.05) is 37.6 Å². The van der Waals surface area contributed by atoms with Gasteiger partial charge in [0.25, 0.3) is 0 Å². The second kappa shape index (κ2) is 5.74. The highest BCUT2D eigenvalue weighted by molar-refractivity contribution is 5.15. The van der Waals surface area contributed by atoms with E-state index in [-0.39, 0.29) is 6.61 Å². The first kappa shape index (κ1) is 12.7. The summed E-state index contributed by atoms with van der Waals surface area (Å²) in [6, 6.07) is 0. The summed E-state index contributed by atoms with van der Waals surface area (Å²) in [6.07, 6.45) is 3.70. The summed E-state index contributed by atoms with van der Waals surface area (Å²) in [5.41, 5.74) is 3.21. The average Bonchev–Trinajstić information content (AvgIpc) is 2.91. The van der Waals surface area contributed by atoms with Crippen molar-refractivity contribution in [3.63, 3.8) is 0 Å². The number of aliphatic hydroxyl groups is 1. The van der Waals surface area contributed by atoms with Crippen LogP contribution in [0.5, 0.6) is 0 Å². The molecule has 0 aliphatic carbocycles. The van der Waals surface area contributed by atoms with E-state index in [1.54, 1.807) is 4.68 Å². The van der Waals surface area contributed by atoms with E-state index in [0.717, 1.165) is 17.9 Å². The SMILES string of the molecule is Cc1c(CNCc2cn(CCO)nn2)cnn1C. The molecule has 0 spiro atoms. The van der Waals surface area contributed by atoms with Crippen LogP contribution in [0.15, 0.2) is 12.4 Å². The van der Waals surface area contributed by atoms with E-state index in [4.69, 9.17) is 5.11 Å². The minimum Gasteiger partial charge on any atom is -0.394 e. The molecule has 0 fully saturated rings. The van der Waals surface area contributed by atoms with E-state index < -0.39 is 0 Å². The molecule has 0 saturated carbocycles. The summed E-state index contributed by atoms with van der Waals surface area (Å²) < 4.78 is 3.49. The van der Waals surface area contributed by atoms with Crippen molar-refractivity contribution in [3.8, 4) is 0 Å². The largest absolute Gasteiger partial charge is 0.394 e. The number of aromatic nitrogens is 5. The smallest absolute Gasteiger partial charge is 0.0964 e. The van der Waals surface area contributed by atoms with Gasteiger partial charge in [-0.15, -0.1) is 5.10 Å². The lowest BCUT2D eigenvalue weighted by Gasteiger charge is -2.02. The molecule has 0 saturated heterocycles. The first-order valence-electron chi connectivity index (χ1n) is 5.88. The lowest BCUT2D eigenvalue weighted by atomic mass is 10.2. The van der Waals surface area contributed by atoms with E-state index in [1.165, 1.54) is 5.56 Å². The molecule has 2 aromatic heterocycles. The van der Waals surface area contributed by atoms with Gasteiger partial charge in [-0.2, -0.15) is 5.10 Å². The van der Waals surface area contributed by atoms with Gasteiger partial charge in [-0.1, -0.05) is 5.21 Å². The first-order valence-corrected chi connectivity index (χ1v) is 5.88. The number of hydrogen-bond donors (Lipinski definition) is 2. The zero-order valence-electron chi connectivity index (χ0n) is 10.7. The van der Waals surface area contributed by atoms with Crippen molar-refractivity contribution in [2.24, 2.45) is 7.05 Å². The predicted octanol–water partition coefficient (Wildman–Crippen LogP) is -0.398. The van der Waals surface area contributed by atoms with Crippen LogP contribution in [-0.2, 0) is 26.7 Å². The van der Waals surface area contributed by atoms with Gasteiger partial charge in [-0.25, -0.2) is 4.68 Å². The maximum Gasteiger partial charge on any atom is 0.0964 e. The molecule has 0 aliphatic heterocycles. The van der Waals surface area contributed by atoms with Gasteiger partial charge < -0.3 is 10.4 Å². The van der Waals surface area contributed by atoms with Crippen LogP contribution in [0.25, 0.3) is 0 Å². The maximum absolute atomic E-state index is 8.77. The lowest BCUT2D eigenvalue weighted by molar-refractivity contribution is 0.268. The van der Waals surface area contributed by atoms with Crippen molar-refractivity contribution in [2.75, 3.05) is 6.61 Å². The molecule has 0 bridgehead atoms. The summed E-state index contributed by atoms with van der Waals surface area (Å²) >= 11 is 0. The molecule has 2 rings (SSSR count). The van der Waals surface area contributed by atoms with Crippen LogP contribution in [0.3, 0.4) is 0 Å². The Hall–Kier alpha value is -1.73. The van der Waals surface area contributed by atoms with Crippen LogP contribution in [0.1, 0.15) is 17.0 Å². The summed E-state index contributed by atoms with van der Waals surface area (Å²) in [5.74, 6) is 0. The average molecular weight is 250 g/mol. The summed E-state index contributed by atoms with van der Waals surface area (Å²) in [4.78, 5) is 0. The fourth-order valence-corrected chi connectivity index (χ4v) is 1.67. The number of aryl methyl sites for hydroxylation is 1. The van der Waals surface area contributed by atoms with E-state index in [9.17, 15) is 0 Å². The molecule has 2 heterocycles. The van der Waals surface area contributed by atoms with E-state index in [0.29, 0.717) is 13.1 Å². The first-order chi connectivity index (χ1) is 8.70. The Bertz CT molecular complexity index is 503. The number of nitrogens with zero attached hydrogens (tertiary/aromatic N) is 5. The molecule has 0 aliphatic rings. The zero-order chi connectivity index (χ0) is 13.0. The summed E-state index contributed by atoms with van der Waals surface area (Å²) in [6.45, 7) is 4.01. The molecule has 7 nitrogen and oxygen atoms in total. The Morgan fingerprint density at radius 1 is 1.39 bits per heavy atom. The molecule has 7 heteroatoms. The second-order valence-corrected chi connectivity index (χ2v) is 4.18. The van der Waals surface area contributed by atoms with Crippen LogP contribution in [0.4, 0.5) is 0 Å². The molecule has 18 heavy (non-hydrogen) atoms. The number of hydrogen-bond acceptors (Lipinski definition) is 5. The highest BCUT2D eigenvalue weighted by Crippen LogP contribution is 2.05. The fraction of sp³-hybridized carbons (Fsp3) is 0.545. The van der Waals surface area contributed by atoms with E-state index >= 15 is 0 Å². The topological polar surface area (TPSA) is 80.8 Å². The molecule has 0 radical (unpaired) electrons. The van der Waals surface area contributed by atoms with Crippen molar-refractivity contribution in [2.45, 2.75) is 26.6 Å². The van der Waals surface area contributed by atoms with Crippen molar-refractivity contribution in [1.82, 2.24) is 30.1 Å². The number of aliphatic hydroxyl groups excluding tert-OH is 1. The Morgan fingerprint density at radius 2 is 2.22 bits per heavy atom. The van der Waals surface area contributed by atoms with Gasteiger partial charge in [0.2, 0.25) is 0 Å². The maximum atomic E-state index is 8.77. The second-order valence-electron chi connectivity index (χ2n) is 4.18. The molecule has 0 unspecified atom stereocenters. The Kier molecular flexibility index (Phi) is 4.06. The van der Waals surface area contributed by atoms with Crippen molar-refractivity contribution in [3.05, 3.63) is 29.3 Å². The van der Waals surface area contributed by atoms with Crippen molar-refractivity contribution < 1.29 is 5.11 Å². The van der Waals surface area contributed by atoms with Gasteiger partial charge in [0.1, 0.15) is 0 Å². The zero-order valence-corrected chi connectivity index (χ0v) is 10.7. The van der Waals surface area contributed by atoms with Gasteiger partial charge in [-0.05, 0) is 6.92 Å². The standard InChI is InChI=1S/C11H18N6O/c1-9-10(6-13-16(9)2)5-12-7-11-8-17(3-4-18)15-14-11/h6,8,12,18H,3-5,7H2,1-2H3. The Labute approximate surface area is 105 Å². The molecular weight excluding hydrogens is 232 g/mol. The van der Waals surface area contributed by atoms with Crippen molar-refractivity contribution in [1.29, 1.82) is 0 Å². The monoisotopic (exact) mass is 250 g/mol. The van der Waals surface area contributed by atoms with Crippen LogP contribution in [0.2, 0.25) is 0 Å². The normalized spacial score (nSPS) is 11.1. The number of nitrogens with one attached hydrogen (secondary N) is 1. The third-order valence-corrected chi connectivity index (χ3v) is 2.87.